The van der Waals surface area contributed by atoms with Gasteiger partial charge in [-0.3, -0.25) is 0 Å². The number of aryl methyl sites for hydroxylation is 2. The molecule has 3 aromatic carbocycles. The summed E-state index contributed by atoms with van der Waals surface area (Å²) in [6.45, 7) is 8.67. The highest BCUT2D eigenvalue weighted by molar-refractivity contribution is 7.25. The molecule has 0 bridgehead atoms. The van der Waals surface area contributed by atoms with E-state index in [1.807, 2.05) is 35.7 Å². The monoisotopic (exact) mass is 713 g/mol. The van der Waals surface area contributed by atoms with Gasteiger partial charge in [-0.25, -0.2) is 4.68 Å². The molecule has 0 N–H and O–H groups in total. The molecule has 3 atom stereocenters. The molecule has 3 unspecified atom stereocenters. The summed E-state index contributed by atoms with van der Waals surface area (Å²) in [5, 5.41) is 10.4. The zero-order valence-electron chi connectivity index (χ0n) is 29.6. The largest absolute Gasteiger partial charge is 0.453 e. The highest BCUT2D eigenvalue weighted by atomic mass is 32.1. The van der Waals surface area contributed by atoms with Crippen LogP contribution in [0, 0.1) is 6.92 Å². The molecule has 5 nitrogen and oxygen atoms in total. The van der Waals surface area contributed by atoms with Crippen molar-refractivity contribution in [2.75, 3.05) is 0 Å². The van der Waals surface area contributed by atoms with Crippen molar-refractivity contribution in [3.63, 3.8) is 0 Å². The summed E-state index contributed by atoms with van der Waals surface area (Å²) in [6, 6.07) is 30.7. The molecule has 10 rings (SSSR count). The van der Waals surface area contributed by atoms with Crippen molar-refractivity contribution in [1.82, 2.24) is 14.8 Å². The number of rotatable bonds is 5. The Bertz CT molecular complexity index is 2800. The molecule has 5 aromatic heterocycles. The van der Waals surface area contributed by atoms with Crippen molar-refractivity contribution in [2.24, 2.45) is 0 Å². The van der Waals surface area contributed by atoms with Gasteiger partial charge in [0.05, 0.1) is 5.39 Å². The van der Waals surface area contributed by atoms with Crippen LogP contribution in [-0.4, -0.2) is 14.8 Å². The first-order valence-electron chi connectivity index (χ1n) is 18.4. The third-order valence-electron chi connectivity index (χ3n) is 12.4. The van der Waals surface area contributed by atoms with E-state index in [2.05, 4.69) is 113 Å². The summed E-state index contributed by atoms with van der Waals surface area (Å²) in [6.07, 6.45) is 1.53. The topological polar surface area (TPSA) is 38.7 Å². The number of hydrogen-bond donors (Lipinski definition) is 0. The average molecular weight is 714 g/mol. The van der Waals surface area contributed by atoms with Crippen molar-refractivity contribution in [3.05, 3.63) is 114 Å². The minimum Gasteiger partial charge on any atom is -0.227 e. The zero-order valence-corrected chi connectivity index (χ0v) is 30.4. The van der Waals surface area contributed by atoms with Gasteiger partial charge in [0.25, 0.3) is 11.5 Å². The highest BCUT2D eigenvalue weighted by Gasteiger charge is 2.77. The van der Waals surface area contributed by atoms with Crippen LogP contribution in [0.3, 0.4) is 0 Å². The van der Waals surface area contributed by atoms with Crippen molar-refractivity contribution in [1.29, 1.82) is 0 Å². The lowest BCUT2D eigenvalue weighted by Crippen LogP contribution is -2.81. The van der Waals surface area contributed by atoms with Crippen molar-refractivity contribution >= 4 is 58.7 Å². The zero-order chi connectivity index (χ0) is 35.7. The summed E-state index contributed by atoms with van der Waals surface area (Å²) in [4.78, 5) is 4.15. The van der Waals surface area contributed by atoms with E-state index in [4.69, 9.17) is 0 Å². The number of para-hydroxylation sites is 1. The summed E-state index contributed by atoms with van der Waals surface area (Å²) in [5.41, 5.74) is 5.37. The van der Waals surface area contributed by atoms with Gasteiger partial charge in [-0.05, 0) is 73.0 Å². The van der Waals surface area contributed by atoms with Crippen LogP contribution in [0.1, 0.15) is 75.0 Å². The number of alkyl halides is 3. The molecule has 1 saturated carbocycles. The molecule has 0 saturated heterocycles. The van der Waals surface area contributed by atoms with Gasteiger partial charge in [-0.15, -0.1) is 16.4 Å². The molecule has 0 spiro atoms. The lowest BCUT2D eigenvalue weighted by Gasteiger charge is -2.59. The number of thiophene rings is 1. The van der Waals surface area contributed by atoms with Crippen molar-refractivity contribution < 1.29 is 22.1 Å². The third-order valence-corrected chi connectivity index (χ3v) is 13.6. The van der Waals surface area contributed by atoms with Gasteiger partial charge in [0.1, 0.15) is 11.5 Å². The maximum Gasteiger partial charge on any atom is 0.453 e. The lowest BCUT2D eigenvalue weighted by molar-refractivity contribution is -0.796. The third kappa shape index (κ3) is 3.95. The predicted octanol–water partition coefficient (Wildman–Crippen LogP) is 10.3. The smallest absolute Gasteiger partial charge is 0.227 e. The maximum absolute atomic E-state index is 14.2. The lowest BCUT2D eigenvalue weighted by atomic mass is 9.49. The van der Waals surface area contributed by atoms with Gasteiger partial charge in [-0.2, -0.15) is 27.1 Å². The van der Waals surface area contributed by atoms with Crippen LogP contribution < -0.4 is 8.97 Å². The molecule has 9 heteroatoms. The van der Waals surface area contributed by atoms with E-state index in [-0.39, 0.29) is 11.7 Å². The fourth-order valence-electron chi connectivity index (χ4n) is 10.2. The van der Waals surface area contributed by atoms with Crippen LogP contribution >= 0.6 is 11.3 Å². The average Bonchev–Trinajstić information content (AvgIpc) is 3.74. The second-order valence-corrected chi connectivity index (χ2v) is 15.9. The van der Waals surface area contributed by atoms with E-state index in [1.54, 1.807) is 4.68 Å². The van der Waals surface area contributed by atoms with E-state index in [0.717, 1.165) is 29.6 Å². The molecular formula is C43H38F3N5S+2. The fraction of sp³-hybridized carbons (Fsp3) is 0.302. The number of pyridine rings is 3. The molecule has 1 fully saturated rings. The Labute approximate surface area is 303 Å². The van der Waals surface area contributed by atoms with Crippen molar-refractivity contribution in [3.8, 4) is 11.5 Å². The van der Waals surface area contributed by atoms with Gasteiger partial charge in [0.2, 0.25) is 22.4 Å². The van der Waals surface area contributed by atoms with Gasteiger partial charge in [0, 0.05) is 62.3 Å². The Morgan fingerprint density at radius 3 is 2.44 bits per heavy atom. The second kappa shape index (κ2) is 10.8. The summed E-state index contributed by atoms with van der Waals surface area (Å²) < 4.78 is 51.6. The maximum atomic E-state index is 14.2. The van der Waals surface area contributed by atoms with Gasteiger partial charge in [0.15, 0.2) is 11.9 Å². The van der Waals surface area contributed by atoms with Gasteiger partial charge in [-0.1, -0.05) is 51.5 Å². The van der Waals surface area contributed by atoms with E-state index in [0.29, 0.717) is 25.0 Å². The minimum atomic E-state index is -4.65. The predicted molar refractivity (Wildman–Crippen MR) is 201 cm³/mol. The molecule has 52 heavy (non-hydrogen) atoms. The van der Waals surface area contributed by atoms with E-state index in [9.17, 15) is 13.2 Å². The van der Waals surface area contributed by atoms with Gasteiger partial charge < -0.3 is 0 Å². The quantitative estimate of drug-likeness (QED) is 0.132. The SMILES string of the molecule is CCCc1ccc2c(c1)sc1cc3c(cc(C4CC5(CC)n6nc(C(F)(F)F)nc6-c6cccc[n+]6C45CC)[n+]4c5ccccc5c(C)cc34)cc12. The van der Waals surface area contributed by atoms with Crippen LogP contribution in [0.25, 0.3) is 58.9 Å². The standard InChI is InChI=1S/C43H38F3N5S/c1-5-12-26-16-17-29-31-21-27-22-36(50-33-14-9-8-13-28(33)25(4)19-35(50)30(27)23-38(31)52-37(29)20-26)32-24-41(6-2)42(32,7-3)49-18-11-10-15-34(49)39-47-40(43(44,45)46)48-51(39)41/h8-11,13-23,32H,5-7,12,24H2,1-4H3/q+2. The van der Waals surface area contributed by atoms with Crippen molar-refractivity contribution in [2.45, 2.75) is 83.0 Å². The number of nitrogens with zero attached hydrogens (tertiary/aromatic N) is 5. The molecular weight excluding hydrogens is 676 g/mol. The van der Waals surface area contributed by atoms with E-state index in [1.165, 1.54) is 47.5 Å². The van der Waals surface area contributed by atoms with Crippen LogP contribution in [0.15, 0.2) is 91.1 Å². The molecule has 0 radical (unpaired) electrons. The summed E-state index contributed by atoms with van der Waals surface area (Å²) in [5.74, 6) is -0.838. The number of aromatic nitrogens is 5. The molecule has 8 aromatic rings. The number of halogens is 3. The molecule has 2 aliphatic rings. The first-order chi connectivity index (χ1) is 25.1. The van der Waals surface area contributed by atoms with Crippen LogP contribution in [0.2, 0.25) is 0 Å². The molecule has 1 aliphatic carbocycles. The van der Waals surface area contributed by atoms with Crippen LogP contribution in [0.5, 0.6) is 0 Å². The summed E-state index contributed by atoms with van der Waals surface area (Å²) >= 11 is 1.86. The highest BCUT2D eigenvalue weighted by Crippen LogP contribution is 2.64. The first-order valence-corrected chi connectivity index (χ1v) is 19.2. The normalized spacial score (nSPS) is 21.2. The second-order valence-electron chi connectivity index (χ2n) is 14.8. The molecule has 6 heterocycles. The Morgan fingerprint density at radius 1 is 0.846 bits per heavy atom. The van der Waals surface area contributed by atoms with Gasteiger partial charge >= 0.3 is 6.18 Å². The number of fused-ring (bicyclic) bond motifs is 14. The van der Waals surface area contributed by atoms with Crippen LogP contribution in [0.4, 0.5) is 13.2 Å². The van der Waals surface area contributed by atoms with E-state index < -0.39 is 23.1 Å². The Hall–Kier alpha value is -4.89. The Kier molecular flexibility index (Phi) is 6.62. The Balaban J connectivity index is 1.29. The molecule has 0 amide bonds. The van der Waals surface area contributed by atoms with E-state index >= 15 is 0 Å². The molecule has 1 aliphatic heterocycles. The fourth-order valence-corrected chi connectivity index (χ4v) is 11.4. The number of benzene rings is 3. The molecule has 260 valence electrons. The van der Waals surface area contributed by atoms with Crippen LogP contribution in [-0.2, 0) is 23.7 Å². The summed E-state index contributed by atoms with van der Waals surface area (Å²) in [7, 11) is 0. The minimum absolute atomic E-state index is 0.0372. The first kappa shape index (κ1) is 31.8. The Morgan fingerprint density at radius 2 is 1.65 bits per heavy atom. The number of hydrogen-bond acceptors (Lipinski definition) is 3.